The predicted octanol–water partition coefficient (Wildman–Crippen LogP) is 2.69. The van der Waals surface area contributed by atoms with Crippen LogP contribution >= 0.6 is 0 Å². The molecule has 1 aromatic carbocycles. The molecule has 0 atom stereocenters. The van der Waals surface area contributed by atoms with Gasteiger partial charge in [0.25, 0.3) is 0 Å². The van der Waals surface area contributed by atoms with Crippen LogP contribution < -0.4 is 11.1 Å². The zero-order valence-corrected chi connectivity index (χ0v) is 10.9. The van der Waals surface area contributed by atoms with E-state index in [2.05, 4.69) is 15.4 Å². The minimum Gasteiger partial charge on any atom is -0.368 e. The van der Waals surface area contributed by atoms with Crippen molar-refractivity contribution in [2.75, 3.05) is 11.1 Å². The molecule has 20 heavy (non-hydrogen) atoms. The van der Waals surface area contributed by atoms with Crippen LogP contribution in [0.4, 0.5) is 25.1 Å². The molecular formula is C12H14F3N5. The molecule has 5 nitrogen and oxygen atoms in total. The quantitative estimate of drug-likeness (QED) is 0.909. The Labute approximate surface area is 113 Å². The predicted molar refractivity (Wildman–Crippen MR) is 69.5 cm³/mol. The second-order valence-electron chi connectivity index (χ2n) is 4.55. The number of hydrogen-bond donors (Lipinski definition) is 2. The molecule has 8 heteroatoms. The number of hydrogen-bond acceptors (Lipinski definition) is 4. The van der Waals surface area contributed by atoms with Crippen LogP contribution in [0.3, 0.4) is 0 Å². The van der Waals surface area contributed by atoms with E-state index >= 15 is 0 Å². The first-order valence-electron chi connectivity index (χ1n) is 5.94. The third-order valence-electron chi connectivity index (χ3n) is 2.47. The molecule has 0 aliphatic heterocycles. The summed E-state index contributed by atoms with van der Waals surface area (Å²) in [5.41, 5.74) is 5.13. The summed E-state index contributed by atoms with van der Waals surface area (Å²) < 4.78 is 39.2. The standard InChI is InChI=1S/C12H14F3N5/c1-7(2)17-11-18-10(16)20(19-11)9-5-3-4-8(6-9)12(13,14)15/h3-7H,1-2H3,(H3,16,17,18,19). The molecule has 0 aliphatic carbocycles. The summed E-state index contributed by atoms with van der Waals surface area (Å²) in [6, 6.07) is 4.84. The molecule has 2 rings (SSSR count). The Balaban J connectivity index is 2.39. The summed E-state index contributed by atoms with van der Waals surface area (Å²) >= 11 is 0. The normalized spacial score (nSPS) is 11.9. The van der Waals surface area contributed by atoms with Crippen LogP contribution in [0.15, 0.2) is 24.3 Å². The number of benzene rings is 1. The van der Waals surface area contributed by atoms with Crippen LogP contribution in [-0.2, 0) is 6.18 Å². The summed E-state index contributed by atoms with van der Waals surface area (Å²) in [6.45, 7) is 3.78. The summed E-state index contributed by atoms with van der Waals surface area (Å²) in [4.78, 5) is 3.96. The lowest BCUT2D eigenvalue weighted by Crippen LogP contribution is -2.11. The number of rotatable bonds is 3. The largest absolute Gasteiger partial charge is 0.416 e. The first kappa shape index (κ1) is 14.2. The molecular weight excluding hydrogens is 271 g/mol. The van der Waals surface area contributed by atoms with Crippen LogP contribution in [-0.4, -0.2) is 20.8 Å². The van der Waals surface area contributed by atoms with Crippen LogP contribution in [0, 0.1) is 0 Å². The van der Waals surface area contributed by atoms with Gasteiger partial charge < -0.3 is 11.1 Å². The highest BCUT2D eigenvalue weighted by Crippen LogP contribution is 2.30. The molecule has 0 bridgehead atoms. The van der Waals surface area contributed by atoms with E-state index in [4.69, 9.17) is 5.73 Å². The number of nitrogens with one attached hydrogen (secondary N) is 1. The van der Waals surface area contributed by atoms with E-state index in [1.165, 1.54) is 16.8 Å². The first-order chi connectivity index (χ1) is 9.27. The Bertz CT molecular complexity index is 603. The number of aromatic nitrogens is 3. The fourth-order valence-electron chi connectivity index (χ4n) is 1.65. The smallest absolute Gasteiger partial charge is 0.368 e. The van der Waals surface area contributed by atoms with Gasteiger partial charge in [-0.3, -0.25) is 0 Å². The van der Waals surface area contributed by atoms with Crippen LogP contribution in [0.5, 0.6) is 0 Å². The Morgan fingerprint density at radius 3 is 2.60 bits per heavy atom. The molecule has 108 valence electrons. The Morgan fingerprint density at radius 2 is 2.00 bits per heavy atom. The van der Waals surface area contributed by atoms with Crippen LogP contribution in [0.25, 0.3) is 5.69 Å². The van der Waals surface area contributed by atoms with Crippen molar-refractivity contribution in [3.8, 4) is 5.69 Å². The fourth-order valence-corrected chi connectivity index (χ4v) is 1.65. The van der Waals surface area contributed by atoms with Crippen LogP contribution in [0.2, 0.25) is 0 Å². The summed E-state index contributed by atoms with van der Waals surface area (Å²) in [5, 5.41) is 6.98. The lowest BCUT2D eigenvalue weighted by molar-refractivity contribution is -0.137. The Kier molecular flexibility index (Phi) is 3.56. The SMILES string of the molecule is CC(C)Nc1nc(N)n(-c2cccc(C(F)(F)F)c2)n1. The van der Waals surface area contributed by atoms with Crippen molar-refractivity contribution in [2.45, 2.75) is 26.1 Å². The van der Waals surface area contributed by atoms with E-state index in [9.17, 15) is 13.2 Å². The average molecular weight is 285 g/mol. The number of anilines is 2. The minimum absolute atomic E-state index is 0.0208. The van der Waals surface area contributed by atoms with Gasteiger partial charge in [-0.05, 0) is 32.0 Å². The average Bonchev–Trinajstić information content (AvgIpc) is 2.68. The summed E-state index contributed by atoms with van der Waals surface area (Å²) in [6.07, 6.45) is -4.41. The van der Waals surface area contributed by atoms with Gasteiger partial charge in [-0.2, -0.15) is 22.8 Å². The maximum absolute atomic E-state index is 12.7. The van der Waals surface area contributed by atoms with Crippen molar-refractivity contribution in [3.05, 3.63) is 29.8 Å². The fraction of sp³-hybridized carbons (Fsp3) is 0.333. The van der Waals surface area contributed by atoms with Crippen LogP contribution in [0.1, 0.15) is 19.4 Å². The third kappa shape index (κ3) is 3.01. The monoisotopic (exact) mass is 285 g/mol. The van der Waals surface area contributed by atoms with E-state index < -0.39 is 11.7 Å². The highest BCUT2D eigenvalue weighted by atomic mass is 19.4. The number of nitrogen functional groups attached to an aromatic ring is 1. The van der Waals surface area contributed by atoms with Gasteiger partial charge in [0.2, 0.25) is 11.9 Å². The molecule has 1 heterocycles. The molecule has 2 aromatic rings. The van der Waals surface area contributed by atoms with Gasteiger partial charge in [-0.15, -0.1) is 5.10 Å². The Hall–Kier alpha value is -2.25. The highest BCUT2D eigenvalue weighted by Gasteiger charge is 2.30. The van der Waals surface area contributed by atoms with Gasteiger partial charge in [-0.1, -0.05) is 6.07 Å². The molecule has 0 aliphatic rings. The maximum atomic E-state index is 12.7. The lowest BCUT2D eigenvalue weighted by atomic mass is 10.2. The molecule has 0 spiro atoms. The van der Waals surface area contributed by atoms with Crippen molar-refractivity contribution in [1.29, 1.82) is 0 Å². The van der Waals surface area contributed by atoms with Gasteiger partial charge in [0, 0.05) is 6.04 Å². The molecule has 0 fully saturated rings. The van der Waals surface area contributed by atoms with E-state index in [0.717, 1.165) is 12.1 Å². The van der Waals surface area contributed by atoms with Gasteiger partial charge in [0.1, 0.15) is 0 Å². The zero-order valence-electron chi connectivity index (χ0n) is 10.9. The third-order valence-corrected chi connectivity index (χ3v) is 2.47. The molecule has 1 aromatic heterocycles. The van der Waals surface area contributed by atoms with Gasteiger partial charge in [0.05, 0.1) is 11.3 Å². The first-order valence-corrected chi connectivity index (χ1v) is 5.94. The molecule has 0 radical (unpaired) electrons. The number of halogens is 3. The van der Waals surface area contributed by atoms with E-state index in [0.29, 0.717) is 0 Å². The Morgan fingerprint density at radius 1 is 1.30 bits per heavy atom. The van der Waals surface area contributed by atoms with E-state index in [1.54, 1.807) is 0 Å². The topological polar surface area (TPSA) is 68.8 Å². The van der Waals surface area contributed by atoms with Gasteiger partial charge >= 0.3 is 6.18 Å². The van der Waals surface area contributed by atoms with Crippen molar-refractivity contribution < 1.29 is 13.2 Å². The minimum atomic E-state index is -4.41. The van der Waals surface area contributed by atoms with Gasteiger partial charge in [-0.25, -0.2) is 0 Å². The lowest BCUT2D eigenvalue weighted by Gasteiger charge is -2.09. The summed E-state index contributed by atoms with van der Waals surface area (Å²) in [7, 11) is 0. The van der Waals surface area contributed by atoms with Crippen molar-refractivity contribution in [1.82, 2.24) is 14.8 Å². The number of nitrogens with two attached hydrogens (primary N) is 1. The number of alkyl halides is 3. The zero-order chi connectivity index (χ0) is 14.9. The summed E-state index contributed by atoms with van der Waals surface area (Å²) in [5.74, 6) is 0.294. The molecule has 0 amide bonds. The van der Waals surface area contributed by atoms with Crippen molar-refractivity contribution in [3.63, 3.8) is 0 Å². The van der Waals surface area contributed by atoms with E-state index in [-0.39, 0.29) is 23.6 Å². The van der Waals surface area contributed by atoms with E-state index in [1.807, 2.05) is 13.8 Å². The molecule has 0 saturated heterocycles. The van der Waals surface area contributed by atoms with Crippen molar-refractivity contribution in [2.24, 2.45) is 0 Å². The van der Waals surface area contributed by atoms with Gasteiger partial charge in [0.15, 0.2) is 0 Å². The molecule has 0 unspecified atom stereocenters. The molecule has 0 saturated carbocycles. The molecule has 3 N–H and O–H groups in total. The second kappa shape index (κ2) is 5.03. The number of nitrogens with zero attached hydrogens (tertiary/aromatic N) is 3. The highest BCUT2D eigenvalue weighted by molar-refractivity contribution is 5.44. The maximum Gasteiger partial charge on any atom is 0.416 e. The van der Waals surface area contributed by atoms with Crippen molar-refractivity contribution >= 4 is 11.9 Å². The second-order valence-corrected chi connectivity index (χ2v) is 4.55.